The third-order valence-corrected chi connectivity index (χ3v) is 6.09. The van der Waals surface area contributed by atoms with E-state index >= 15 is 0 Å². The number of halogens is 1. The summed E-state index contributed by atoms with van der Waals surface area (Å²) in [5, 5.41) is 25.8. The van der Waals surface area contributed by atoms with Crippen LogP contribution in [0.1, 0.15) is 36.0 Å². The molecule has 0 aliphatic rings. The number of primary amides is 1. The second kappa shape index (κ2) is 9.04. The van der Waals surface area contributed by atoms with Gasteiger partial charge in [0.1, 0.15) is 5.00 Å². The van der Waals surface area contributed by atoms with Crippen molar-refractivity contribution in [2.75, 3.05) is 10.6 Å². The third-order valence-electron chi connectivity index (χ3n) is 4.36. The van der Waals surface area contributed by atoms with E-state index in [1.54, 1.807) is 30.3 Å². The first-order valence-corrected chi connectivity index (χ1v) is 10.7. The Kier molecular flexibility index (Phi) is 6.56. The number of hydrogen-bond acceptors (Lipinski definition) is 7. The zero-order valence-corrected chi connectivity index (χ0v) is 19.4. The molecule has 2 heterocycles. The van der Waals surface area contributed by atoms with Crippen molar-refractivity contribution in [2.45, 2.75) is 26.2 Å². The van der Waals surface area contributed by atoms with Gasteiger partial charge in [0.15, 0.2) is 5.75 Å². The zero-order valence-electron chi connectivity index (χ0n) is 17.8. The lowest BCUT2D eigenvalue weighted by Gasteiger charge is -2.15. The fourth-order valence-corrected chi connectivity index (χ4v) is 3.94. The number of benzene rings is 1. The average Bonchev–Trinajstić information content (AvgIpc) is 3.24. The predicted octanol–water partition coefficient (Wildman–Crippen LogP) is 4.70. The van der Waals surface area contributed by atoms with E-state index in [9.17, 15) is 24.6 Å². The number of rotatable bonds is 4. The van der Waals surface area contributed by atoms with E-state index in [-0.39, 0.29) is 16.0 Å². The standard InChI is InChI=1S/C21H21ClN4O6S/c1-21(2,3)14-8-12(18(29)32-13-9-15(27)26(17(13)28)19(23)30)16(33-14)25-20(31)24-11-6-4-10(22)5-7-11/h4-9,27-28H,1-3H3,(H2,23,30)(H2,24,25,31). The summed E-state index contributed by atoms with van der Waals surface area (Å²) in [6, 6.07) is 7.12. The van der Waals surface area contributed by atoms with Gasteiger partial charge in [-0.15, -0.1) is 11.3 Å². The minimum Gasteiger partial charge on any atom is -0.494 e. The number of urea groups is 1. The summed E-state index contributed by atoms with van der Waals surface area (Å²) in [5.74, 6) is -2.95. The molecule has 1 aromatic carbocycles. The van der Waals surface area contributed by atoms with Crippen molar-refractivity contribution in [3.05, 3.63) is 51.9 Å². The Morgan fingerprint density at radius 3 is 2.27 bits per heavy atom. The number of aromatic nitrogens is 1. The van der Waals surface area contributed by atoms with E-state index in [4.69, 9.17) is 22.1 Å². The van der Waals surface area contributed by atoms with Crippen LogP contribution in [0.4, 0.5) is 20.3 Å². The van der Waals surface area contributed by atoms with Crippen LogP contribution in [0.15, 0.2) is 36.4 Å². The van der Waals surface area contributed by atoms with Gasteiger partial charge < -0.3 is 26.0 Å². The van der Waals surface area contributed by atoms with Gasteiger partial charge in [-0.2, -0.15) is 4.57 Å². The Hall–Kier alpha value is -3.70. The molecule has 0 radical (unpaired) electrons. The molecule has 33 heavy (non-hydrogen) atoms. The minimum atomic E-state index is -1.17. The lowest BCUT2D eigenvalue weighted by molar-refractivity contribution is 0.0730. The van der Waals surface area contributed by atoms with Gasteiger partial charge in [0.05, 0.1) is 5.56 Å². The van der Waals surface area contributed by atoms with Crippen molar-refractivity contribution in [3.8, 4) is 17.5 Å². The van der Waals surface area contributed by atoms with Crippen molar-refractivity contribution in [2.24, 2.45) is 5.73 Å². The number of nitrogens with zero attached hydrogens (tertiary/aromatic N) is 1. The van der Waals surface area contributed by atoms with Gasteiger partial charge in [-0.3, -0.25) is 5.32 Å². The Morgan fingerprint density at radius 2 is 1.73 bits per heavy atom. The largest absolute Gasteiger partial charge is 0.494 e. The summed E-state index contributed by atoms with van der Waals surface area (Å²) >= 11 is 7.03. The van der Waals surface area contributed by atoms with Gasteiger partial charge in [-0.05, 0) is 35.7 Å². The van der Waals surface area contributed by atoms with Gasteiger partial charge in [0.2, 0.25) is 11.8 Å². The Morgan fingerprint density at radius 1 is 1.09 bits per heavy atom. The number of carbonyl (C=O) groups excluding carboxylic acids is 3. The molecule has 0 saturated carbocycles. The number of aromatic hydroxyl groups is 2. The van der Waals surface area contributed by atoms with E-state index in [2.05, 4.69) is 10.6 Å². The summed E-state index contributed by atoms with van der Waals surface area (Å²) in [7, 11) is 0. The summed E-state index contributed by atoms with van der Waals surface area (Å²) in [6.45, 7) is 5.80. The third kappa shape index (κ3) is 5.38. The lowest BCUT2D eigenvalue weighted by Crippen LogP contribution is -2.20. The average molecular weight is 493 g/mol. The van der Waals surface area contributed by atoms with Crippen LogP contribution in [0.3, 0.4) is 0 Å². The first kappa shape index (κ1) is 24.0. The van der Waals surface area contributed by atoms with Crippen LogP contribution in [0.25, 0.3) is 0 Å². The molecule has 0 aliphatic carbocycles. The van der Waals surface area contributed by atoms with Crippen molar-refractivity contribution in [1.29, 1.82) is 0 Å². The van der Waals surface area contributed by atoms with Crippen molar-refractivity contribution >= 4 is 51.7 Å². The van der Waals surface area contributed by atoms with Gasteiger partial charge in [0.25, 0.3) is 0 Å². The number of carbonyl (C=O) groups is 3. The number of amides is 3. The van der Waals surface area contributed by atoms with Crippen LogP contribution < -0.4 is 21.1 Å². The predicted molar refractivity (Wildman–Crippen MR) is 125 cm³/mol. The molecule has 0 spiro atoms. The summed E-state index contributed by atoms with van der Waals surface area (Å²) in [6.07, 6.45) is 0. The number of esters is 1. The zero-order chi connectivity index (χ0) is 24.5. The monoisotopic (exact) mass is 492 g/mol. The van der Waals surface area contributed by atoms with Crippen LogP contribution in [0.2, 0.25) is 5.02 Å². The summed E-state index contributed by atoms with van der Waals surface area (Å²) < 4.78 is 5.54. The highest BCUT2D eigenvalue weighted by atomic mass is 35.5. The molecule has 10 nitrogen and oxygen atoms in total. The SMILES string of the molecule is CC(C)(C)c1cc(C(=O)Oc2cc(O)n(C(N)=O)c2O)c(NC(=O)Nc2ccc(Cl)cc2)s1. The first-order chi connectivity index (χ1) is 15.4. The molecule has 0 atom stereocenters. The summed E-state index contributed by atoms with van der Waals surface area (Å²) in [4.78, 5) is 37.5. The second-order valence-corrected chi connectivity index (χ2v) is 9.43. The van der Waals surface area contributed by atoms with E-state index < -0.39 is 35.5 Å². The Labute approximate surface area is 197 Å². The molecular formula is C21H21ClN4O6S. The second-order valence-electron chi connectivity index (χ2n) is 7.94. The lowest BCUT2D eigenvalue weighted by atomic mass is 9.94. The topological polar surface area (TPSA) is 156 Å². The van der Waals surface area contributed by atoms with Crippen LogP contribution in [0.5, 0.6) is 17.5 Å². The Bertz CT molecular complexity index is 1230. The summed E-state index contributed by atoms with van der Waals surface area (Å²) in [5.41, 5.74) is 5.23. The fraction of sp³-hybridized carbons (Fsp3) is 0.190. The first-order valence-electron chi connectivity index (χ1n) is 9.50. The molecule has 6 N–H and O–H groups in total. The maximum Gasteiger partial charge on any atom is 0.346 e. The molecule has 3 rings (SSSR count). The van der Waals surface area contributed by atoms with Crippen molar-refractivity contribution in [3.63, 3.8) is 0 Å². The Balaban J connectivity index is 1.88. The number of nitrogens with two attached hydrogens (primary N) is 1. The maximum atomic E-state index is 12.9. The molecular weight excluding hydrogens is 472 g/mol. The van der Waals surface area contributed by atoms with Gasteiger partial charge in [-0.1, -0.05) is 32.4 Å². The highest BCUT2D eigenvalue weighted by Crippen LogP contribution is 2.38. The quantitative estimate of drug-likeness (QED) is 0.332. The van der Waals surface area contributed by atoms with E-state index in [0.29, 0.717) is 15.3 Å². The molecule has 12 heteroatoms. The maximum absolute atomic E-state index is 12.9. The normalized spacial score (nSPS) is 11.2. The number of anilines is 2. The molecule has 0 aliphatic heterocycles. The highest BCUT2D eigenvalue weighted by molar-refractivity contribution is 7.16. The minimum absolute atomic E-state index is 0.0156. The van der Waals surface area contributed by atoms with Gasteiger partial charge >= 0.3 is 18.0 Å². The van der Waals surface area contributed by atoms with Crippen LogP contribution in [-0.2, 0) is 5.41 Å². The van der Waals surface area contributed by atoms with E-state index in [1.807, 2.05) is 20.8 Å². The number of hydrogen-bond donors (Lipinski definition) is 5. The number of ether oxygens (including phenoxy) is 1. The molecule has 3 aromatic rings. The molecule has 0 unspecified atom stereocenters. The number of thiophene rings is 1. The van der Waals surface area contributed by atoms with Gasteiger partial charge in [0, 0.05) is 21.7 Å². The molecule has 3 amide bonds. The van der Waals surface area contributed by atoms with E-state index in [0.717, 1.165) is 10.9 Å². The van der Waals surface area contributed by atoms with Crippen LogP contribution in [0, 0.1) is 0 Å². The molecule has 2 aromatic heterocycles. The van der Waals surface area contributed by atoms with Crippen LogP contribution in [-0.4, -0.2) is 32.8 Å². The smallest absolute Gasteiger partial charge is 0.346 e. The molecule has 0 fully saturated rings. The van der Waals surface area contributed by atoms with Crippen LogP contribution >= 0.6 is 22.9 Å². The number of nitrogens with one attached hydrogen (secondary N) is 2. The van der Waals surface area contributed by atoms with Crippen molar-refractivity contribution in [1.82, 2.24) is 4.57 Å². The molecule has 0 saturated heterocycles. The van der Waals surface area contributed by atoms with Gasteiger partial charge in [-0.25, -0.2) is 14.4 Å². The molecule has 0 bridgehead atoms. The van der Waals surface area contributed by atoms with E-state index in [1.165, 1.54) is 11.3 Å². The molecule has 174 valence electrons. The highest BCUT2D eigenvalue weighted by Gasteiger charge is 2.27. The van der Waals surface area contributed by atoms with Crippen molar-refractivity contribution < 1.29 is 29.3 Å². The fourth-order valence-electron chi connectivity index (χ4n) is 2.72.